The van der Waals surface area contributed by atoms with Gasteiger partial charge in [0.15, 0.2) is 0 Å². The third-order valence-corrected chi connectivity index (χ3v) is 4.87. The Morgan fingerprint density at radius 1 is 1.15 bits per heavy atom. The highest BCUT2D eigenvalue weighted by molar-refractivity contribution is 5.45. The van der Waals surface area contributed by atoms with Gasteiger partial charge in [0, 0.05) is 50.2 Å². The van der Waals surface area contributed by atoms with E-state index in [1.54, 1.807) is 6.33 Å². The van der Waals surface area contributed by atoms with Crippen LogP contribution < -0.4 is 15.1 Å². The maximum atomic E-state index is 5.40. The first-order valence-electron chi connectivity index (χ1n) is 9.30. The first-order valence-corrected chi connectivity index (χ1v) is 9.30. The summed E-state index contributed by atoms with van der Waals surface area (Å²) in [5.41, 5.74) is 1.08. The lowest BCUT2D eigenvalue weighted by atomic mass is 10.2. The zero-order chi connectivity index (χ0) is 17.8. The van der Waals surface area contributed by atoms with Crippen LogP contribution in [-0.4, -0.2) is 65.4 Å². The van der Waals surface area contributed by atoms with Crippen LogP contribution in [-0.2, 0) is 11.2 Å². The first-order chi connectivity index (χ1) is 12.8. The Hall–Kier alpha value is -2.48. The van der Waals surface area contributed by atoms with Crippen molar-refractivity contribution in [1.29, 1.82) is 0 Å². The van der Waals surface area contributed by atoms with E-state index in [0.717, 1.165) is 75.5 Å². The highest BCUT2D eigenvalue weighted by Crippen LogP contribution is 2.21. The van der Waals surface area contributed by atoms with Crippen LogP contribution in [0.15, 0.2) is 24.7 Å². The molecule has 0 aromatic carbocycles. The second-order valence-corrected chi connectivity index (χ2v) is 6.64. The minimum Gasteiger partial charge on any atom is -0.378 e. The van der Waals surface area contributed by atoms with Gasteiger partial charge in [0.1, 0.15) is 18.0 Å². The van der Waals surface area contributed by atoms with Crippen LogP contribution in [0, 0.1) is 0 Å². The summed E-state index contributed by atoms with van der Waals surface area (Å²) in [4.78, 5) is 22.3. The standard InChI is InChI=1S/C18H25N7O/c1-2-14-11-17(21-13-20-14)25-6-4-15(12-25)22-16-3-5-19-18(23-16)24-7-9-26-10-8-24/h3,5,11,13,15H,2,4,6-10,12H2,1H3,(H,19,22,23). The molecule has 138 valence electrons. The number of nitrogens with one attached hydrogen (secondary N) is 1. The summed E-state index contributed by atoms with van der Waals surface area (Å²) >= 11 is 0. The van der Waals surface area contributed by atoms with E-state index in [2.05, 4.69) is 48.0 Å². The van der Waals surface area contributed by atoms with Crippen molar-refractivity contribution in [2.24, 2.45) is 0 Å². The summed E-state index contributed by atoms with van der Waals surface area (Å²) in [6.07, 6.45) is 5.47. The molecule has 0 bridgehead atoms. The number of ether oxygens (including phenoxy) is 1. The van der Waals surface area contributed by atoms with Crippen LogP contribution in [0.4, 0.5) is 17.6 Å². The third kappa shape index (κ3) is 3.85. The first kappa shape index (κ1) is 17.0. The maximum absolute atomic E-state index is 5.40. The molecular formula is C18H25N7O. The van der Waals surface area contributed by atoms with E-state index >= 15 is 0 Å². The highest BCUT2D eigenvalue weighted by Gasteiger charge is 2.24. The fourth-order valence-corrected chi connectivity index (χ4v) is 3.39. The Morgan fingerprint density at radius 2 is 2.04 bits per heavy atom. The molecule has 0 amide bonds. The van der Waals surface area contributed by atoms with E-state index in [1.165, 1.54) is 0 Å². The number of aromatic nitrogens is 4. The predicted molar refractivity (Wildman–Crippen MR) is 101 cm³/mol. The summed E-state index contributed by atoms with van der Waals surface area (Å²) in [5.74, 6) is 2.67. The van der Waals surface area contributed by atoms with E-state index in [1.807, 2.05) is 12.3 Å². The Kier molecular flexibility index (Phi) is 5.10. The van der Waals surface area contributed by atoms with Crippen LogP contribution in [0.2, 0.25) is 0 Å². The molecule has 0 saturated carbocycles. The van der Waals surface area contributed by atoms with Gasteiger partial charge in [-0.2, -0.15) is 4.98 Å². The molecule has 1 unspecified atom stereocenters. The molecule has 1 atom stereocenters. The molecule has 2 saturated heterocycles. The molecule has 4 heterocycles. The maximum Gasteiger partial charge on any atom is 0.227 e. The molecule has 4 rings (SSSR count). The molecule has 2 aliphatic rings. The van der Waals surface area contributed by atoms with Gasteiger partial charge in [-0.25, -0.2) is 15.0 Å². The van der Waals surface area contributed by atoms with Crippen molar-refractivity contribution in [3.63, 3.8) is 0 Å². The molecule has 2 fully saturated rings. The topological polar surface area (TPSA) is 79.3 Å². The number of aryl methyl sites for hydroxylation is 1. The van der Waals surface area contributed by atoms with Crippen LogP contribution in [0.5, 0.6) is 0 Å². The van der Waals surface area contributed by atoms with Crippen molar-refractivity contribution in [3.8, 4) is 0 Å². The Morgan fingerprint density at radius 3 is 2.88 bits per heavy atom. The average molecular weight is 355 g/mol. The molecule has 1 N–H and O–H groups in total. The molecule has 8 nitrogen and oxygen atoms in total. The summed E-state index contributed by atoms with van der Waals surface area (Å²) in [6, 6.07) is 4.37. The smallest absolute Gasteiger partial charge is 0.227 e. The monoisotopic (exact) mass is 355 g/mol. The Balaban J connectivity index is 1.39. The van der Waals surface area contributed by atoms with Crippen molar-refractivity contribution >= 4 is 17.6 Å². The van der Waals surface area contributed by atoms with E-state index in [-0.39, 0.29) is 0 Å². The van der Waals surface area contributed by atoms with Gasteiger partial charge in [-0.3, -0.25) is 0 Å². The second-order valence-electron chi connectivity index (χ2n) is 6.64. The van der Waals surface area contributed by atoms with Gasteiger partial charge in [0.2, 0.25) is 5.95 Å². The summed E-state index contributed by atoms with van der Waals surface area (Å²) in [6.45, 7) is 7.16. The molecule has 2 aromatic rings. The largest absolute Gasteiger partial charge is 0.378 e. The van der Waals surface area contributed by atoms with E-state index in [4.69, 9.17) is 4.74 Å². The number of rotatable bonds is 5. The average Bonchev–Trinajstić information content (AvgIpc) is 3.17. The minimum atomic E-state index is 0.350. The van der Waals surface area contributed by atoms with Crippen molar-refractivity contribution < 1.29 is 4.74 Å². The fourth-order valence-electron chi connectivity index (χ4n) is 3.39. The van der Waals surface area contributed by atoms with Gasteiger partial charge in [-0.15, -0.1) is 0 Å². The molecule has 26 heavy (non-hydrogen) atoms. The molecule has 8 heteroatoms. The molecule has 2 aliphatic heterocycles. The zero-order valence-corrected chi connectivity index (χ0v) is 15.1. The third-order valence-electron chi connectivity index (χ3n) is 4.87. The highest BCUT2D eigenvalue weighted by atomic mass is 16.5. The fraction of sp³-hybridized carbons (Fsp3) is 0.556. The molecule has 0 spiro atoms. The quantitative estimate of drug-likeness (QED) is 0.861. The van der Waals surface area contributed by atoms with Gasteiger partial charge >= 0.3 is 0 Å². The number of hydrogen-bond donors (Lipinski definition) is 1. The molecular weight excluding hydrogens is 330 g/mol. The number of morpholine rings is 1. The SMILES string of the molecule is CCc1cc(N2CCC(Nc3ccnc(N4CCOCC4)n3)C2)ncn1. The van der Waals surface area contributed by atoms with Gasteiger partial charge < -0.3 is 19.9 Å². The van der Waals surface area contributed by atoms with Crippen LogP contribution in [0.3, 0.4) is 0 Å². The van der Waals surface area contributed by atoms with Crippen molar-refractivity contribution in [3.05, 3.63) is 30.4 Å². The lowest BCUT2D eigenvalue weighted by Gasteiger charge is -2.27. The lowest BCUT2D eigenvalue weighted by Crippen LogP contribution is -2.37. The van der Waals surface area contributed by atoms with Crippen molar-refractivity contribution in [1.82, 2.24) is 19.9 Å². The van der Waals surface area contributed by atoms with E-state index < -0.39 is 0 Å². The summed E-state index contributed by atoms with van der Waals surface area (Å²) in [5, 5.41) is 3.55. The van der Waals surface area contributed by atoms with Gasteiger partial charge in [-0.1, -0.05) is 6.92 Å². The van der Waals surface area contributed by atoms with Gasteiger partial charge in [-0.05, 0) is 18.9 Å². The summed E-state index contributed by atoms with van der Waals surface area (Å²) < 4.78 is 5.40. The van der Waals surface area contributed by atoms with Gasteiger partial charge in [0.05, 0.1) is 13.2 Å². The normalized spacial score (nSPS) is 20.4. The molecule has 0 aliphatic carbocycles. The zero-order valence-electron chi connectivity index (χ0n) is 15.1. The second kappa shape index (κ2) is 7.82. The van der Waals surface area contributed by atoms with Gasteiger partial charge in [0.25, 0.3) is 0 Å². The number of hydrogen-bond acceptors (Lipinski definition) is 8. The molecule has 2 aromatic heterocycles. The number of nitrogens with zero attached hydrogens (tertiary/aromatic N) is 6. The van der Waals surface area contributed by atoms with Crippen LogP contribution in [0.1, 0.15) is 19.0 Å². The molecule has 0 radical (unpaired) electrons. The lowest BCUT2D eigenvalue weighted by molar-refractivity contribution is 0.122. The van der Waals surface area contributed by atoms with E-state index in [9.17, 15) is 0 Å². The van der Waals surface area contributed by atoms with E-state index in [0.29, 0.717) is 6.04 Å². The predicted octanol–water partition coefficient (Wildman–Crippen LogP) is 1.36. The number of anilines is 3. The Bertz CT molecular complexity index is 735. The van der Waals surface area contributed by atoms with Crippen molar-refractivity contribution in [2.75, 3.05) is 54.5 Å². The van der Waals surface area contributed by atoms with Crippen LogP contribution in [0.25, 0.3) is 0 Å². The summed E-state index contributed by atoms with van der Waals surface area (Å²) in [7, 11) is 0. The van der Waals surface area contributed by atoms with Crippen molar-refractivity contribution in [2.45, 2.75) is 25.8 Å². The van der Waals surface area contributed by atoms with Crippen LogP contribution >= 0.6 is 0 Å². The Labute approximate surface area is 153 Å². The minimum absolute atomic E-state index is 0.350.